The van der Waals surface area contributed by atoms with Crippen LogP contribution in [0.1, 0.15) is 26.6 Å². The molecule has 0 bridgehead atoms. The smallest absolute Gasteiger partial charge is 0.212 e. The minimum Gasteiger partial charge on any atom is -0.287 e. The molecule has 0 amide bonds. The van der Waals surface area contributed by atoms with Crippen LogP contribution in [-0.4, -0.2) is 10.8 Å². The lowest BCUT2D eigenvalue weighted by Gasteiger charge is -2.00. The van der Waals surface area contributed by atoms with Crippen molar-refractivity contribution in [2.75, 3.05) is 0 Å². The average Bonchev–Trinajstić information content (AvgIpc) is 2.62. The summed E-state index contributed by atoms with van der Waals surface area (Å²) < 4.78 is 13.1. The van der Waals surface area contributed by atoms with E-state index in [-0.39, 0.29) is 5.78 Å². The number of carbonyl (C=O) groups is 1. The van der Waals surface area contributed by atoms with Crippen LogP contribution in [0.5, 0.6) is 0 Å². The predicted molar refractivity (Wildman–Crippen MR) is 61.4 cm³/mol. The van der Waals surface area contributed by atoms with Gasteiger partial charge in [0.15, 0.2) is 0 Å². The highest BCUT2D eigenvalue weighted by atomic mass is 32.1. The van der Waals surface area contributed by atoms with Crippen LogP contribution >= 0.6 is 11.3 Å². The van der Waals surface area contributed by atoms with Gasteiger partial charge in [0.05, 0.1) is 5.01 Å². The maximum atomic E-state index is 13.1. The molecule has 0 spiro atoms. The number of benzene rings is 1. The fourth-order valence-electron chi connectivity index (χ4n) is 1.48. The molecule has 0 fully saturated rings. The quantitative estimate of drug-likeness (QED) is 0.748. The number of aryl methyl sites for hydroxylation is 2. The Bertz CT molecular complexity index is 527. The van der Waals surface area contributed by atoms with E-state index in [1.807, 2.05) is 6.92 Å². The number of thiazole rings is 1. The standard InChI is InChI=1S/C12H10FNOS/c1-7-3-9(5-10(13)4-7)12(15)11-6-16-8(2)14-11/h3-6H,1-2H3. The molecule has 0 saturated carbocycles. The Hall–Kier alpha value is -1.55. The van der Waals surface area contributed by atoms with E-state index < -0.39 is 5.82 Å². The van der Waals surface area contributed by atoms with Gasteiger partial charge in [-0.05, 0) is 37.6 Å². The minimum absolute atomic E-state index is 0.230. The zero-order chi connectivity index (χ0) is 11.7. The Balaban J connectivity index is 2.41. The van der Waals surface area contributed by atoms with Gasteiger partial charge in [0.25, 0.3) is 0 Å². The molecule has 82 valence electrons. The van der Waals surface area contributed by atoms with Crippen molar-refractivity contribution in [2.45, 2.75) is 13.8 Å². The zero-order valence-corrected chi connectivity index (χ0v) is 9.77. The summed E-state index contributed by atoms with van der Waals surface area (Å²) in [6.07, 6.45) is 0. The van der Waals surface area contributed by atoms with Gasteiger partial charge in [-0.3, -0.25) is 4.79 Å². The number of nitrogens with zero attached hydrogens (tertiary/aromatic N) is 1. The van der Waals surface area contributed by atoms with Crippen molar-refractivity contribution in [1.82, 2.24) is 4.98 Å². The summed E-state index contributed by atoms with van der Waals surface area (Å²) in [4.78, 5) is 16.0. The Labute approximate surface area is 96.8 Å². The zero-order valence-electron chi connectivity index (χ0n) is 8.95. The molecule has 1 aromatic carbocycles. The number of rotatable bonds is 2. The van der Waals surface area contributed by atoms with Gasteiger partial charge in [-0.1, -0.05) is 0 Å². The average molecular weight is 235 g/mol. The molecule has 0 aliphatic rings. The van der Waals surface area contributed by atoms with Crippen LogP contribution in [0.15, 0.2) is 23.6 Å². The second-order valence-electron chi connectivity index (χ2n) is 3.60. The second kappa shape index (κ2) is 4.14. The van der Waals surface area contributed by atoms with Crippen molar-refractivity contribution in [3.63, 3.8) is 0 Å². The molecule has 0 atom stereocenters. The third-order valence-corrected chi connectivity index (χ3v) is 2.93. The number of hydrogen-bond acceptors (Lipinski definition) is 3. The van der Waals surface area contributed by atoms with Gasteiger partial charge >= 0.3 is 0 Å². The van der Waals surface area contributed by atoms with Crippen LogP contribution in [0.25, 0.3) is 0 Å². The number of halogens is 1. The van der Waals surface area contributed by atoms with Crippen LogP contribution in [0.3, 0.4) is 0 Å². The highest BCUT2D eigenvalue weighted by Crippen LogP contribution is 2.15. The van der Waals surface area contributed by atoms with Crippen LogP contribution < -0.4 is 0 Å². The predicted octanol–water partition coefficient (Wildman–Crippen LogP) is 3.13. The molecule has 1 aromatic heterocycles. The highest BCUT2D eigenvalue weighted by Gasteiger charge is 2.13. The minimum atomic E-state index is -0.393. The topological polar surface area (TPSA) is 30.0 Å². The van der Waals surface area contributed by atoms with Gasteiger partial charge in [0, 0.05) is 10.9 Å². The first-order valence-corrected chi connectivity index (χ1v) is 5.68. The summed E-state index contributed by atoms with van der Waals surface area (Å²) in [5, 5.41) is 2.52. The highest BCUT2D eigenvalue weighted by molar-refractivity contribution is 7.09. The first-order chi connectivity index (χ1) is 7.56. The summed E-state index contributed by atoms with van der Waals surface area (Å²) in [6, 6.07) is 4.30. The molecular weight excluding hydrogens is 225 g/mol. The van der Waals surface area contributed by atoms with Gasteiger partial charge in [-0.25, -0.2) is 9.37 Å². The van der Waals surface area contributed by atoms with E-state index in [2.05, 4.69) is 4.98 Å². The fraction of sp³-hybridized carbons (Fsp3) is 0.167. The number of carbonyl (C=O) groups excluding carboxylic acids is 1. The maximum absolute atomic E-state index is 13.1. The molecule has 2 rings (SSSR count). The van der Waals surface area contributed by atoms with Crippen LogP contribution in [0.4, 0.5) is 4.39 Å². The van der Waals surface area contributed by atoms with Crippen LogP contribution in [0.2, 0.25) is 0 Å². The SMILES string of the molecule is Cc1cc(F)cc(C(=O)c2csc(C)n2)c1. The van der Waals surface area contributed by atoms with Crippen molar-refractivity contribution in [1.29, 1.82) is 0 Å². The monoisotopic (exact) mass is 235 g/mol. The molecule has 4 heteroatoms. The van der Waals surface area contributed by atoms with Crippen molar-refractivity contribution >= 4 is 17.1 Å². The van der Waals surface area contributed by atoms with Gasteiger partial charge in [-0.15, -0.1) is 11.3 Å². The molecule has 0 N–H and O–H groups in total. The van der Waals surface area contributed by atoms with E-state index in [0.29, 0.717) is 11.3 Å². The number of hydrogen-bond donors (Lipinski definition) is 0. The summed E-state index contributed by atoms with van der Waals surface area (Å²) in [5.74, 6) is -0.623. The Morgan fingerprint density at radius 3 is 2.62 bits per heavy atom. The summed E-state index contributed by atoms with van der Waals surface area (Å²) >= 11 is 1.41. The largest absolute Gasteiger partial charge is 0.287 e. The van der Waals surface area contributed by atoms with Crippen molar-refractivity contribution < 1.29 is 9.18 Å². The van der Waals surface area contributed by atoms with Crippen molar-refractivity contribution in [2.24, 2.45) is 0 Å². The molecule has 2 nitrogen and oxygen atoms in total. The van der Waals surface area contributed by atoms with Gasteiger partial charge in [0.1, 0.15) is 11.5 Å². The molecule has 0 radical (unpaired) electrons. The number of ketones is 1. The summed E-state index contributed by atoms with van der Waals surface area (Å²) in [6.45, 7) is 3.59. The maximum Gasteiger partial charge on any atom is 0.212 e. The second-order valence-corrected chi connectivity index (χ2v) is 4.66. The van der Waals surface area contributed by atoms with Gasteiger partial charge in [-0.2, -0.15) is 0 Å². The lowest BCUT2D eigenvalue weighted by Crippen LogP contribution is -2.02. The normalized spacial score (nSPS) is 10.4. The van der Waals surface area contributed by atoms with E-state index in [1.165, 1.54) is 23.5 Å². The molecule has 0 saturated heterocycles. The first kappa shape index (κ1) is 11.0. The summed E-state index contributed by atoms with van der Waals surface area (Å²) in [5.41, 5.74) is 1.46. The molecular formula is C12H10FNOS. The van der Waals surface area contributed by atoms with E-state index in [1.54, 1.807) is 18.4 Å². The third-order valence-electron chi connectivity index (χ3n) is 2.16. The van der Waals surface area contributed by atoms with E-state index in [9.17, 15) is 9.18 Å². The first-order valence-electron chi connectivity index (χ1n) is 4.80. The Kier molecular flexibility index (Phi) is 2.83. The Morgan fingerprint density at radius 1 is 1.31 bits per heavy atom. The number of aromatic nitrogens is 1. The lowest BCUT2D eigenvalue weighted by molar-refractivity contribution is 0.103. The summed E-state index contributed by atoms with van der Waals surface area (Å²) in [7, 11) is 0. The third kappa shape index (κ3) is 2.17. The molecule has 2 aromatic rings. The lowest BCUT2D eigenvalue weighted by atomic mass is 10.1. The fourth-order valence-corrected chi connectivity index (χ4v) is 2.08. The molecule has 0 aliphatic heterocycles. The van der Waals surface area contributed by atoms with Gasteiger partial charge in [0.2, 0.25) is 5.78 Å². The molecule has 1 heterocycles. The van der Waals surface area contributed by atoms with E-state index in [0.717, 1.165) is 10.6 Å². The van der Waals surface area contributed by atoms with E-state index in [4.69, 9.17) is 0 Å². The molecule has 16 heavy (non-hydrogen) atoms. The van der Waals surface area contributed by atoms with Crippen molar-refractivity contribution in [3.8, 4) is 0 Å². The Morgan fingerprint density at radius 2 is 2.06 bits per heavy atom. The molecule has 0 unspecified atom stereocenters. The van der Waals surface area contributed by atoms with Crippen LogP contribution in [0, 0.1) is 19.7 Å². The van der Waals surface area contributed by atoms with E-state index >= 15 is 0 Å². The molecule has 0 aliphatic carbocycles. The van der Waals surface area contributed by atoms with Gasteiger partial charge < -0.3 is 0 Å². The van der Waals surface area contributed by atoms with Crippen LogP contribution in [-0.2, 0) is 0 Å². The van der Waals surface area contributed by atoms with Crippen molar-refractivity contribution in [3.05, 3.63) is 51.2 Å².